The van der Waals surface area contributed by atoms with Gasteiger partial charge in [-0.15, -0.1) is 11.6 Å². The Labute approximate surface area is 216 Å². The number of amides is 1. The monoisotopic (exact) mass is 532 g/mol. The molecule has 2 N–H and O–H groups in total. The van der Waals surface area contributed by atoms with Crippen molar-refractivity contribution in [1.29, 1.82) is 0 Å². The summed E-state index contributed by atoms with van der Waals surface area (Å²) < 4.78 is 39.6. The molecule has 0 aromatic heterocycles. The van der Waals surface area contributed by atoms with Crippen LogP contribution in [0.3, 0.4) is 0 Å². The lowest BCUT2D eigenvalue weighted by atomic mass is 10.0. The smallest absolute Gasteiger partial charge is 0.262 e. The molecule has 0 aliphatic heterocycles. The van der Waals surface area contributed by atoms with Crippen LogP contribution in [0.25, 0.3) is 0 Å². The predicted octanol–water partition coefficient (Wildman–Crippen LogP) is 4.01. The average molecular weight is 533 g/mol. The highest BCUT2D eigenvalue weighted by Gasteiger charge is 2.36. The second kappa shape index (κ2) is 13.3. The molecule has 36 heavy (non-hydrogen) atoms. The van der Waals surface area contributed by atoms with Crippen molar-refractivity contribution in [2.45, 2.75) is 30.3 Å². The summed E-state index contributed by atoms with van der Waals surface area (Å²) >= 11 is 5.67. The molecule has 0 spiro atoms. The zero-order valence-corrected chi connectivity index (χ0v) is 21.4. The van der Waals surface area contributed by atoms with E-state index in [2.05, 4.69) is 0 Å². The number of hydroxylamine groups is 1. The van der Waals surface area contributed by atoms with Gasteiger partial charge in [-0.05, 0) is 60.4 Å². The predicted molar refractivity (Wildman–Crippen MR) is 137 cm³/mol. The van der Waals surface area contributed by atoms with Crippen molar-refractivity contribution < 1.29 is 27.9 Å². The van der Waals surface area contributed by atoms with E-state index in [1.807, 2.05) is 6.07 Å². The van der Waals surface area contributed by atoms with Crippen LogP contribution in [0.1, 0.15) is 17.5 Å². The van der Waals surface area contributed by atoms with Crippen LogP contribution < -0.4 is 15.0 Å². The van der Waals surface area contributed by atoms with Gasteiger partial charge in [0.1, 0.15) is 17.5 Å². The molecule has 0 aliphatic rings. The molecular formula is C26H29ClN2O6S. The fourth-order valence-corrected chi connectivity index (χ4v) is 5.28. The van der Waals surface area contributed by atoms with Gasteiger partial charge in [-0.1, -0.05) is 42.5 Å². The van der Waals surface area contributed by atoms with Crippen LogP contribution in [0.15, 0.2) is 83.8 Å². The molecule has 192 valence electrons. The number of carbonyl (C=O) groups is 1. The molecule has 0 unspecified atom stereocenters. The van der Waals surface area contributed by atoms with Crippen molar-refractivity contribution in [2.75, 3.05) is 19.6 Å². The third kappa shape index (κ3) is 7.20. The Balaban J connectivity index is 1.99. The van der Waals surface area contributed by atoms with Gasteiger partial charge in [0.15, 0.2) is 0 Å². The molecule has 3 aromatic carbocycles. The summed E-state index contributed by atoms with van der Waals surface area (Å²) in [4.78, 5) is 12.8. The highest BCUT2D eigenvalue weighted by atomic mass is 35.5. The first-order chi connectivity index (χ1) is 17.4. The molecule has 8 nitrogen and oxygen atoms in total. The minimum Gasteiger partial charge on any atom is -0.497 e. The molecule has 1 atom stereocenters. The Kier molecular flexibility index (Phi) is 10.1. The van der Waals surface area contributed by atoms with Crippen LogP contribution in [-0.2, 0) is 27.8 Å². The molecule has 3 rings (SSSR count). The van der Waals surface area contributed by atoms with Gasteiger partial charge in [0.05, 0.1) is 18.6 Å². The SMILES string of the molecule is COc1ccc(CN([C@H](Cc2ccccc2)C(=O)NO)S(=O)(=O)c2ccc(OCCCCl)cc2)cc1. The quantitative estimate of drug-likeness (QED) is 0.149. The van der Waals surface area contributed by atoms with E-state index in [9.17, 15) is 18.4 Å². The van der Waals surface area contributed by atoms with E-state index in [0.717, 1.165) is 9.87 Å². The second-order valence-corrected chi connectivity index (χ2v) is 10.2. The molecule has 0 saturated heterocycles. The number of rotatable bonds is 13. The van der Waals surface area contributed by atoms with Crippen LogP contribution in [-0.4, -0.2) is 49.5 Å². The zero-order chi connectivity index (χ0) is 26.0. The normalized spacial score (nSPS) is 12.2. The van der Waals surface area contributed by atoms with Gasteiger partial charge < -0.3 is 9.47 Å². The maximum Gasteiger partial charge on any atom is 0.262 e. The summed E-state index contributed by atoms with van der Waals surface area (Å²) in [7, 11) is -2.64. The summed E-state index contributed by atoms with van der Waals surface area (Å²) in [5.41, 5.74) is 3.02. The molecule has 0 radical (unpaired) electrons. The van der Waals surface area contributed by atoms with E-state index >= 15 is 0 Å². The minimum absolute atomic E-state index is 0.00972. The van der Waals surface area contributed by atoms with Gasteiger partial charge in [0.2, 0.25) is 10.0 Å². The number of carbonyl (C=O) groups excluding carboxylic acids is 1. The van der Waals surface area contributed by atoms with E-state index in [4.69, 9.17) is 21.1 Å². The fourth-order valence-electron chi connectivity index (χ4n) is 3.60. The van der Waals surface area contributed by atoms with E-state index in [1.165, 1.54) is 19.2 Å². The largest absolute Gasteiger partial charge is 0.497 e. The van der Waals surface area contributed by atoms with Crippen LogP contribution in [0, 0.1) is 0 Å². The highest BCUT2D eigenvalue weighted by molar-refractivity contribution is 7.89. The Morgan fingerprint density at radius 2 is 1.61 bits per heavy atom. The number of alkyl halides is 1. The number of sulfonamides is 1. The van der Waals surface area contributed by atoms with E-state index in [1.54, 1.807) is 66.1 Å². The highest BCUT2D eigenvalue weighted by Crippen LogP contribution is 2.26. The molecule has 3 aromatic rings. The maximum absolute atomic E-state index is 13.9. The number of methoxy groups -OCH3 is 1. The minimum atomic E-state index is -4.18. The molecule has 10 heteroatoms. The topological polar surface area (TPSA) is 105 Å². The summed E-state index contributed by atoms with van der Waals surface area (Å²) in [6, 6.07) is 20.7. The number of nitrogens with one attached hydrogen (secondary N) is 1. The summed E-state index contributed by atoms with van der Waals surface area (Å²) in [5, 5.41) is 9.48. The Hall–Kier alpha value is -3.11. The number of ether oxygens (including phenoxy) is 2. The van der Waals surface area contributed by atoms with Crippen molar-refractivity contribution in [2.24, 2.45) is 0 Å². The number of hydrogen-bond acceptors (Lipinski definition) is 6. The van der Waals surface area contributed by atoms with E-state index < -0.39 is 22.0 Å². The fraction of sp³-hybridized carbons (Fsp3) is 0.269. The van der Waals surface area contributed by atoms with Gasteiger partial charge in [-0.25, -0.2) is 13.9 Å². The molecule has 1 amide bonds. The summed E-state index contributed by atoms with van der Waals surface area (Å²) in [6.07, 6.45) is 0.719. The number of nitrogens with zero attached hydrogens (tertiary/aromatic N) is 1. The van der Waals surface area contributed by atoms with Gasteiger partial charge >= 0.3 is 0 Å². The first-order valence-corrected chi connectivity index (χ1v) is 13.3. The first-order valence-electron chi connectivity index (χ1n) is 11.3. The molecule has 0 bridgehead atoms. The number of halogens is 1. The Morgan fingerprint density at radius 3 is 2.19 bits per heavy atom. The van der Waals surface area contributed by atoms with E-state index in [-0.39, 0.29) is 17.9 Å². The zero-order valence-electron chi connectivity index (χ0n) is 19.8. The molecule has 0 fully saturated rings. The lowest BCUT2D eigenvalue weighted by Gasteiger charge is -2.30. The maximum atomic E-state index is 13.9. The molecule has 0 aliphatic carbocycles. The molecule has 0 heterocycles. The van der Waals surface area contributed by atoms with Gasteiger partial charge in [0, 0.05) is 12.4 Å². The average Bonchev–Trinajstić information content (AvgIpc) is 2.91. The Bertz CT molecular complexity index is 1210. The Morgan fingerprint density at radius 1 is 0.972 bits per heavy atom. The lowest BCUT2D eigenvalue weighted by Crippen LogP contribution is -2.49. The third-order valence-corrected chi connectivity index (χ3v) is 7.64. The van der Waals surface area contributed by atoms with Crippen LogP contribution in [0.5, 0.6) is 11.5 Å². The van der Waals surface area contributed by atoms with Crippen LogP contribution in [0.2, 0.25) is 0 Å². The van der Waals surface area contributed by atoms with E-state index in [0.29, 0.717) is 36.0 Å². The third-order valence-electron chi connectivity index (χ3n) is 5.51. The molecule has 0 saturated carbocycles. The standard InChI is InChI=1S/C26H29ClN2O6S/c1-34-22-10-8-21(9-11-22)19-29(25(26(30)28-31)18-20-6-3-2-4-7-20)36(32,33)24-14-12-23(13-15-24)35-17-5-16-27/h2-4,6-15,25,31H,5,16-19H2,1H3,(H,28,30)/t25-/m1/s1. The molecular weight excluding hydrogens is 504 g/mol. The van der Waals surface area contributed by atoms with Crippen molar-refractivity contribution in [3.8, 4) is 11.5 Å². The van der Waals surface area contributed by atoms with Crippen LogP contribution >= 0.6 is 11.6 Å². The number of hydrogen-bond donors (Lipinski definition) is 2. The first kappa shape index (κ1) is 27.5. The van der Waals surface area contributed by atoms with Gasteiger partial charge in [0.25, 0.3) is 5.91 Å². The van der Waals surface area contributed by atoms with Crippen LogP contribution in [0.4, 0.5) is 0 Å². The van der Waals surface area contributed by atoms with Crippen molar-refractivity contribution >= 4 is 27.5 Å². The summed E-state index contributed by atoms with van der Waals surface area (Å²) in [5.74, 6) is 0.751. The van der Waals surface area contributed by atoms with Crippen molar-refractivity contribution in [3.05, 3.63) is 90.0 Å². The lowest BCUT2D eigenvalue weighted by molar-refractivity contribution is -0.133. The number of benzene rings is 3. The summed E-state index contributed by atoms with van der Waals surface area (Å²) in [6.45, 7) is 0.306. The second-order valence-electron chi connectivity index (χ2n) is 7.94. The van der Waals surface area contributed by atoms with Crippen molar-refractivity contribution in [3.63, 3.8) is 0 Å². The van der Waals surface area contributed by atoms with Gasteiger partial charge in [-0.2, -0.15) is 4.31 Å². The van der Waals surface area contributed by atoms with Gasteiger partial charge in [-0.3, -0.25) is 10.0 Å². The van der Waals surface area contributed by atoms with Crippen molar-refractivity contribution in [1.82, 2.24) is 9.79 Å².